The summed E-state index contributed by atoms with van der Waals surface area (Å²) in [6.45, 7) is 4.74. The van der Waals surface area contributed by atoms with Crippen LogP contribution in [0.2, 0.25) is 0 Å². The van der Waals surface area contributed by atoms with Crippen molar-refractivity contribution >= 4 is 22.8 Å². The summed E-state index contributed by atoms with van der Waals surface area (Å²) in [5, 5.41) is 2.96. The Hall–Kier alpha value is -3.67. The molecule has 0 aliphatic heterocycles. The van der Waals surface area contributed by atoms with Crippen molar-refractivity contribution in [1.82, 2.24) is 9.97 Å². The lowest BCUT2D eigenvalue weighted by Crippen LogP contribution is -2.12. The van der Waals surface area contributed by atoms with Gasteiger partial charge in [-0.3, -0.25) is 4.79 Å². The van der Waals surface area contributed by atoms with Crippen LogP contribution in [0.15, 0.2) is 65.2 Å². The molecule has 0 unspecified atom stereocenters. The average molecular weight is 401 g/mol. The van der Waals surface area contributed by atoms with Crippen LogP contribution >= 0.6 is 0 Å². The first-order valence-electron chi connectivity index (χ1n) is 10.0. The van der Waals surface area contributed by atoms with Crippen LogP contribution in [-0.2, 0) is 0 Å². The van der Waals surface area contributed by atoms with Crippen LogP contribution in [0.4, 0.5) is 5.69 Å². The molecule has 152 valence electrons. The van der Waals surface area contributed by atoms with Gasteiger partial charge in [-0.15, -0.1) is 0 Å². The molecule has 0 saturated heterocycles. The first-order valence-corrected chi connectivity index (χ1v) is 10.0. The van der Waals surface area contributed by atoms with Gasteiger partial charge in [0.2, 0.25) is 5.89 Å². The summed E-state index contributed by atoms with van der Waals surface area (Å²) in [4.78, 5) is 21.2. The zero-order valence-corrected chi connectivity index (χ0v) is 17.0. The number of aromatic nitrogens is 2. The molecule has 1 N–H and O–H groups in total. The van der Waals surface area contributed by atoms with E-state index >= 15 is 0 Å². The number of benzene rings is 2. The third kappa shape index (κ3) is 4.33. The quantitative estimate of drug-likeness (QED) is 0.406. The molecule has 6 nitrogen and oxygen atoms in total. The second-order valence-electron chi connectivity index (χ2n) is 7.05. The van der Waals surface area contributed by atoms with E-state index in [9.17, 15) is 4.79 Å². The van der Waals surface area contributed by atoms with Crippen molar-refractivity contribution in [2.45, 2.75) is 26.7 Å². The van der Waals surface area contributed by atoms with Gasteiger partial charge in [0.05, 0.1) is 6.61 Å². The van der Waals surface area contributed by atoms with Crippen LogP contribution in [0.3, 0.4) is 0 Å². The number of nitrogens with one attached hydrogen (secondary N) is 1. The number of amides is 1. The first kappa shape index (κ1) is 19.6. The van der Waals surface area contributed by atoms with E-state index in [4.69, 9.17) is 9.15 Å². The normalized spacial score (nSPS) is 10.9. The fourth-order valence-corrected chi connectivity index (χ4v) is 3.06. The van der Waals surface area contributed by atoms with Gasteiger partial charge >= 0.3 is 0 Å². The summed E-state index contributed by atoms with van der Waals surface area (Å²) < 4.78 is 11.4. The molecule has 30 heavy (non-hydrogen) atoms. The van der Waals surface area contributed by atoms with E-state index in [0.29, 0.717) is 29.3 Å². The largest absolute Gasteiger partial charge is 0.494 e. The van der Waals surface area contributed by atoms with Crippen molar-refractivity contribution in [2.24, 2.45) is 0 Å². The zero-order chi connectivity index (χ0) is 20.9. The van der Waals surface area contributed by atoms with Crippen LogP contribution in [0.1, 0.15) is 35.7 Å². The Morgan fingerprint density at radius 2 is 1.97 bits per heavy atom. The highest BCUT2D eigenvalue weighted by molar-refractivity contribution is 6.04. The Kier molecular flexibility index (Phi) is 5.75. The maximum absolute atomic E-state index is 12.6. The van der Waals surface area contributed by atoms with Crippen LogP contribution in [0.5, 0.6) is 5.75 Å². The average Bonchev–Trinajstić information content (AvgIpc) is 3.20. The van der Waals surface area contributed by atoms with E-state index in [1.165, 1.54) is 0 Å². The van der Waals surface area contributed by atoms with E-state index < -0.39 is 0 Å². The molecule has 2 aromatic heterocycles. The van der Waals surface area contributed by atoms with Crippen molar-refractivity contribution in [3.8, 4) is 17.2 Å². The maximum Gasteiger partial charge on any atom is 0.255 e. The molecule has 2 aromatic carbocycles. The molecular formula is C24H23N3O3. The Balaban J connectivity index is 1.46. The number of nitrogens with zero attached hydrogens (tertiary/aromatic N) is 2. The number of carbonyl (C=O) groups excluding carboxylic acids is 1. The second-order valence-corrected chi connectivity index (χ2v) is 7.05. The van der Waals surface area contributed by atoms with Crippen molar-refractivity contribution in [3.63, 3.8) is 0 Å². The number of hydrogen-bond acceptors (Lipinski definition) is 5. The molecule has 1 amide bonds. The van der Waals surface area contributed by atoms with Gasteiger partial charge in [-0.1, -0.05) is 13.3 Å². The van der Waals surface area contributed by atoms with E-state index in [2.05, 4.69) is 22.2 Å². The maximum atomic E-state index is 12.6. The van der Waals surface area contributed by atoms with Crippen molar-refractivity contribution in [2.75, 3.05) is 11.9 Å². The summed E-state index contributed by atoms with van der Waals surface area (Å²) in [6.07, 6.45) is 3.78. The van der Waals surface area contributed by atoms with Gasteiger partial charge in [0.1, 0.15) is 5.75 Å². The minimum atomic E-state index is -0.169. The number of rotatable bonds is 7. The van der Waals surface area contributed by atoms with Crippen LogP contribution in [0, 0.1) is 6.92 Å². The van der Waals surface area contributed by atoms with Gasteiger partial charge in [0, 0.05) is 23.0 Å². The van der Waals surface area contributed by atoms with E-state index in [0.717, 1.165) is 35.4 Å². The number of fused-ring (bicyclic) bond motifs is 1. The lowest BCUT2D eigenvalue weighted by molar-refractivity contribution is 0.102. The second kappa shape index (κ2) is 8.78. The fraction of sp³-hybridized carbons (Fsp3) is 0.208. The summed E-state index contributed by atoms with van der Waals surface area (Å²) in [6, 6.07) is 16.5. The van der Waals surface area contributed by atoms with Crippen LogP contribution < -0.4 is 10.1 Å². The standard InChI is InChI=1S/C24H23N3O3/c1-3-4-14-29-19-10-7-17(8-11-19)23(28)26-20-12-9-18(15-16(20)2)24-27-22-21(30-24)6-5-13-25-22/h5-13,15H,3-4,14H2,1-2H3,(H,26,28). The molecule has 0 fully saturated rings. The summed E-state index contributed by atoms with van der Waals surface area (Å²) in [5.74, 6) is 1.11. The van der Waals surface area contributed by atoms with E-state index in [1.807, 2.05) is 49.4 Å². The molecule has 0 saturated carbocycles. The molecular weight excluding hydrogens is 378 g/mol. The van der Waals surface area contributed by atoms with Gasteiger partial charge in [-0.05, 0) is 73.5 Å². The van der Waals surface area contributed by atoms with Crippen LogP contribution in [-0.4, -0.2) is 22.5 Å². The summed E-state index contributed by atoms with van der Waals surface area (Å²) in [7, 11) is 0. The van der Waals surface area contributed by atoms with Gasteiger partial charge in [0.25, 0.3) is 5.91 Å². The van der Waals surface area contributed by atoms with Crippen LogP contribution in [0.25, 0.3) is 22.7 Å². The smallest absolute Gasteiger partial charge is 0.255 e. The lowest BCUT2D eigenvalue weighted by atomic mass is 10.1. The van der Waals surface area contributed by atoms with E-state index in [-0.39, 0.29) is 5.91 Å². The molecule has 0 spiro atoms. The Bertz CT molecular complexity index is 1130. The predicted molar refractivity (Wildman–Crippen MR) is 117 cm³/mol. The molecule has 6 heteroatoms. The summed E-state index contributed by atoms with van der Waals surface area (Å²) >= 11 is 0. The van der Waals surface area contributed by atoms with Gasteiger partial charge < -0.3 is 14.5 Å². The summed E-state index contributed by atoms with van der Waals surface area (Å²) in [5.41, 5.74) is 4.27. The third-order valence-electron chi connectivity index (χ3n) is 4.77. The van der Waals surface area contributed by atoms with E-state index in [1.54, 1.807) is 18.3 Å². The minimum absolute atomic E-state index is 0.169. The zero-order valence-electron chi connectivity index (χ0n) is 17.0. The highest BCUT2D eigenvalue weighted by Crippen LogP contribution is 2.27. The Morgan fingerprint density at radius 1 is 1.13 bits per heavy atom. The monoisotopic (exact) mass is 401 g/mol. The Morgan fingerprint density at radius 3 is 2.70 bits per heavy atom. The molecule has 2 heterocycles. The number of carbonyl (C=O) groups is 1. The molecule has 0 aliphatic rings. The molecule has 0 bridgehead atoms. The number of aryl methyl sites for hydroxylation is 1. The predicted octanol–water partition coefficient (Wildman–Crippen LogP) is 5.63. The van der Waals surface area contributed by atoms with Gasteiger partial charge in [-0.2, -0.15) is 4.98 Å². The molecule has 0 aliphatic carbocycles. The lowest BCUT2D eigenvalue weighted by Gasteiger charge is -2.10. The number of pyridine rings is 1. The number of unbranched alkanes of at least 4 members (excludes halogenated alkanes) is 1. The van der Waals surface area contributed by atoms with Crippen molar-refractivity contribution in [1.29, 1.82) is 0 Å². The highest BCUT2D eigenvalue weighted by atomic mass is 16.5. The highest BCUT2D eigenvalue weighted by Gasteiger charge is 2.12. The third-order valence-corrected chi connectivity index (χ3v) is 4.77. The number of ether oxygens (including phenoxy) is 1. The fourth-order valence-electron chi connectivity index (χ4n) is 3.06. The number of hydrogen-bond donors (Lipinski definition) is 1. The SMILES string of the molecule is CCCCOc1ccc(C(=O)Nc2ccc(-c3nc4ncccc4o3)cc2C)cc1. The molecule has 0 radical (unpaired) electrons. The van der Waals surface area contributed by atoms with Gasteiger partial charge in [-0.25, -0.2) is 4.98 Å². The van der Waals surface area contributed by atoms with Crippen molar-refractivity contribution < 1.29 is 13.9 Å². The molecule has 4 aromatic rings. The molecule has 0 atom stereocenters. The van der Waals surface area contributed by atoms with Gasteiger partial charge in [0.15, 0.2) is 11.2 Å². The number of anilines is 1. The topological polar surface area (TPSA) is 77.2 Å². The molecule has 4 rings (SSSR count). The van der Waals surface area contributed by atoms with Crippen molar-refractivity contribution in [3.05, 3.63) is 71.9 Å². The first-order chi connectivity index (χ1) is 14.6. The number of oxazole rings is 1. The minimum Gasteiger partial charge on any atom is -0.494 e. The Labute approximate surface area is 174 Å².